The molecule has 3 saturated heterocycles. The predicted octanol–water partition coefficient (Wildman–Crippen LogP) is 5.89. The first-order valence-corrected chi connectivity index (χ1v) is 19.7. The van der Waals surface area contributed by atoms with E-state index in [1.54, 1.807) is 42.5 Å². The zero-order chi connectivity index (χ0) is 40.7. The number of piperidine rings is 3. The summed E-state index contributed by atoms with van der Waals surface area (Å²) in [5.41, 5.74) is 3.85. The third-order valence-electron chi connectivity index (χ3n) is 10.9. The molecule has 304 valence electrons. The molecule has 0 spiro atoms. The molecular formula is C45H45N5O9. The Morgan fingerprint density at radius 2 is 1.71 bits per heavy atom. The fourth-order valence-electron chi connectivity index (χ4n) is 7.75. The topological polar surface area (TPSA) is 188 Å². The Kier molecular flexibility index (Phi) is 12.0. The number of amides is 1. The summed E-state index contributed by atoms with van der Waals surface area (Å²) in [5.74, 6) is 0.909. The number of aromatic amines is 1. The zero-order valence-electron chi connectivity index (χ0n) is 32.2. The number of aliphatic hydroxyl groups excluding tert-OH is 1. The third-order valence-corrected chi connectivity index (χ3v) is 10.9. The van der Waals surface area contributed by atoms with Gasteiger partial charge in [0.25, 0.3) is 0 Å². The van der Waals surface area contributed by atoms with E-state index in [2.05, 4.69) is 25.7 Å². The van der Waals surface area contributed by atoms with Crippen molar-refractivity contribution in [2.45, 2.75) is 50.8 Å². The number of esters is 1. The lowest BCUT2D eigenvalue weighted by Crippen LogP contribution is -2.52. The van der Waals surface area contributed by atoms with Crippen molar-refractivity contribution in [1.29, 1.82) is 0 Å². The highest BCUT2D eigenvalue weighted by atomic mass is 16.6. The normalized spacial score (nSPS) is 18.2. The number of phenolic OH excluding ortho intramolecular Hbond substituents is 1. The molecule has 3 aliphatic heterocycles. The summed E-state index contributed by atoms with van der Waals surface area (Å²) >= 11 is 0. The van der Waals surface area contributed by atoms with Gasteiger partial charge in [-0.1, -0.05) is 65.8 Å². The quantitative estimate of drug-likeness (QED) is 0.0777. The molecule has 2 unspecified atom stereocenters. The maximum Gasteiger partial charge on any atom is 0.408 e. The molecule has 14 heteroatoms. The number of carbonyl (C=O) groups excluding carboxylic acids is 2. The first-order valence-electron chi connectivity index (χ1n) is 19.7. The lowest BCUT2D eigenvalue weighted by atomic mass is 9.86. The molecule has 5 heterocycles. The average Bonchev–Trinajstić information content (AvgIpc) is 3.72. The summed E-state index contributed by atoms with van der Waals surface area (Å²) in [4.78, 5) is 42.7. The van der Waals surface area contributed by atoms with Gasteiger partial charge in [-0.15, -0.1) is 0 Å². The van der Waals surface area contributed by atoms with E-state index in [0.717, 1.165) is 49.2 Å². The van der Waals surface area contributed by atoms with Gasteiger partial charge >= 0.3 is 12.1 Å². The number of ether oxygens (including phenoxy) is 3. The zero-order valence-corrected chi connectivity index (χ0v) is 32.2. The number of phenols is 1. The van der Waals surface area contributed by atoms with Gasteiger partial charge in [0.05, 0.1) is 29.8 Å². The van der Waals surface area contributed by atoms with E-state index >= 15 is 0 Å². The van der Waals surface area contributed by atoms with Crippen molar-refractivity contribution >= 4 is 23.0 Å². The Morgan fingerprint density at radius 3 is 2.49 bits per heavy atom. The number of H-pyrrole nitrogens is 1. The third kappa shape index (κ3) is 9.63. The number of aromatic hydroxyl groups is 1. The summed E-state index contributed by atoms with van der Waals surface area (Å²) in [5, 5.41) is 31.6. The number of nitrogens with one attached hydrogen (secondary N) is 3. The Morgan fingerprint density at radius 1 is 0.915 bits per heavy atom. The molecule has 4 aromatic carbocycles. The second kappa shape index (κ2) is 18.0. The van der Waals surface area contributed by atoms with Crippen LogP contribution in [0.15, 0.2) is 119 Å². The highest BCUT2D eigenvalue weighted by Crippen LogP contribution is 2.31. The number of nitrogens with zero attached hydrogens (tertiary/aromatic N) is 2. The molecule has 3 fully saturated rings. The summed E-state index contributed by atoms with van der Waals surface area (Å²) in [7, 11) is 0. The molecular weight excluding hydrogens is 755 g/mol. The molecule has 6 aromatic rings. The minimum atomic E-state index is -0.935. The van der Waals surface area contributed by atoms with Crippen LogP contribution >= 0.6 is 0 Å². The fourth-order valence-corrected chi connectivity index (χ4v) is 7.75. The van der Waals surface area contributed by atoms with Crippen molar-refractivity contribution in [2.75, 3.05) is 26.2 Å². The molecule has 3 atom stereocenters. The molecule has 3 aliphatic rings. The Balaban J connectivity index is 0.806. The van der Waals surface area contributed by atoms with Gasteiger partial charge in [0.1, 0.15) is 36.5 Å². The van der Waals surface area contributed by atoms with Crippen molar-refractivity contribution in [1.82, 2.24) is 25.7 Å². The van der Waals surface area contributed by atoms with Crippen molar-refractivity contribution in [3.05, 3.63) is 159 Å². The molecule has 2 aromatic heterocycles. The molecule has 9 rings (SSSR count). The van der Waals surface area contributed by atoms with Gasteiger partial charge in [-0.3, -0.25) is 9.69 Å². The minimum absolute atomic E-state index is 0.0832. The average molecular weight is 800 g/mol. The number of benzene rings is 4. The Hall–Kier alpha value is -6.48. The molecule has 0 saturated carbocycles. The number of alkyl carbamates (subject to hydrolysis) is 1. The first kappa shape index (κ1) is 39.4. The fraction of sp³-hybridized carbons (Fsp3) is 0.289. The van der Waals surface area contributed by atoms with Crippen LogP contribution in [-0.2, 0) is 29.2 Å². The van der Waals surface area contributed by atoms with Crippen molar-refractivity contribution < 1.29 is 38.5 Å². The van der Waals surface area contributed by atoms with Crippen molar-refractivity contribution in [3.63, 3.8) is 0 Å². The maximum atomic E-state index is 13.2. The van der Waals surface area contributed by atoms with E-state index in [9.17, 15) is 24.6 Å². The van der Waals surface area contributed by atoms with E-state index in [1.165, 1.54) is 12.1 Å². The van der Waals surface area contributed by atoms with Crippen LogP contribution in [0, 0.1) is 5.92 Å². The van der Waals surface area contributed by atoms with E-state index in [1.807, 2.05) is 54.6 Å². The number of pyridine rings is 1. The van der Waals surface area contributed by atoms with Crippen molar-refractivity contribution in [3.8, 4) is 11.5 Å². The molecule has 5 N–H and O–H groups in total. The van der Waals surface area contributed by atoms with Gasteiger partial charge in [0, 0.05) is 30.6 Å². The van der Waals surface area contributed by atoms with Gasteiger partial charge in [0.2, 0.25) is 5.56 Å². The van der Waals surface area contributed by atoms with Crippen LogP contribution in [0.25, 0.3) is 10.9 Å². The Labute approximate surface area is 339 Å². The molecule has 1 amide bonds. The summed E-state index contributed by atoms with van der Waals surface area (Å²) in [6, 6.07) is 31.5. The maximum absolute atomic E-state index is 13.2. The van der Waals surface area contributed by atoms with Crippen LogP contribution in [0.1, 0.15) is 69.1 Å². The number of aromatic nitrogens is 2. The van der Waals surface area contributed by atoms with Gasteiger partial charge in [-0.2, -0.15) is 0 Å². The molecule has 2 bridgehead atoms. The van der Waals surface area contributed by atoms with Crippen LogP contribution in [0.2, 0.25) is 0 Å². The van der Waals surface area contributed by atoms with E-state index < -0.39 is 24.2 Å². The van der Waals surface area contributed by atoms with Crippen LogP contribution in [-0.4, -0.2) is 69.6 Å². The lowest BCUT2D eigenvalue weighted by Gasteiger charge is -2.43. The van der Waals surface area contributed by atoms with Gasteiger partial charge in [-0.05, 0) is 90.5 Å². The Bertz CT molecular complexity index is 2440. The molecule has 0 radical (unpaired) electrons. The van der Waals surface area contributed by atoms with Crippen LogP contribution in [0.4, 0.5) is 4.79 Å². The van der Waals surface area contributed by atoms with E-state index in [-0.39, 0.29) is 49.2 Å². The second-order valence-corrected chi connectivity index (χ2v) is 14.9. The minimum Gasteiger partial charge on any atom is -0.506 e. The van der Waals surface area contributed by atoms with Gasteiger partial charge in [-0.25, -0.2) is 9.59 Å². The summed E-state index contributed by atoms with van der Waals surface area (Å²) < 4.78 is 22.9. The van der Waals surface area contributed by atoms with Crippen LogP contribution < -0.4 is 20.9 Å². The molecule has 59 heavy (non-hydrogen) atoms. The molecule has 0 aliphatic carbocycles. The highest BCUT2D eigenvalue weighted by Gasteiger charge is 2.37. The highest BCUT2D eigenvalue weighted by molar-refractivity contribution is 5.89. The smallest absolute Gasteiger partial charge is 0.408 e. The van der Waals surface area contributed by atoms with E-state index in [4.69, 9.17) is 18.7 Å². The first-order chi connectivity index (χ1) is 28.8. The standard InChI is InChI=1S/C45H45N5O9/c51-38-15-13-36(37-14-16-41(53)47-43(37)38)39(52)24-46-23-35-22-33(49-59-35)27-57-44(54)31-11-9-28(10-12-31)26-56-34-8-4-7-32(21-34)42(30-5-2-1-3-6-30)48-45(55)58-40-25-50-19-17-29(40)18-20-50/h1-16,21-22,29,39-40,42,46,51-52H,17-20,23-27H2,(H,47,53)(H,48,55)/t39?,40?,42-/m0/s1. The number of carbonyl (C=O) groups is 2. The molecule has 14 nitrogen and oxygen atoms in total. The largest absolute Gasteiger partial charge is 0.506 e. The SMILES string of the molecule is O=C(N[C@@H](c1ccccc1)c1cccc(OCc2ccc(C(=O)OCc3cc(CNCC(O)c4ccc(O)c5[nH]c(=O)ccc45)on3)cc2)c1)OC1CN2CCC1CC2. The summed E-state index contributed by atoms with van der Waals surface area (Å²) in [6.07, 6.45) is 0.650. The van der Waals surface area contributed by atoms with Gasteiger partial charge < -0.3 is 44.6 Å². The predicted molar refractivity (Wildman–Crippen MR) is 217 cm³/mol. The van der Waals surface area contributed by atoms with E-state index in [0.29, 0.717) is 39.6 Å². The summed E-state index contributed by atoms with van der Waals surface area (Å²) in [6.45, 7) is 3.48. The number of hydrogen-bond donors (Lipinski definition) is 5. The number of fused-ring (bicyclic) bond motifs is 4. The monoisotopic (exact) mass is 799 g/mol. The second-order valence-electron chi connectivity index (χ2n) is 14.9. The van der Waals surface area contributed by atoms with Crippen LogP contribution in [0.5, 0.6) is 11.5 Å². The van der Waals surface area contributed by atoms with Crippen LogP contribution in [0.3, 0.4) is 0 Å². The van der Waals surface area contributed by atoms with Gasteiger partial charge in [0.15, 0.2) is 5.76 Å². The van der Waals surface area contributed by atoms with Crippen molar-refractivity contribution in [2.24, 2.45) is 5.92 Å². The lowest BCUT2D eigenvalue weighted by molar-refractivity contribution is -0.0336. The number of aliphatic hydroxyl groups is 1. The number of hydrogen-bond acceptors (Lipinski definition) is 12. The number of rotatable bonds is 15.